The molecule has 0 aromatic carbocycles. The van der Waals surface area contributed by atoms with E-state index in [2.05, 4.69) is 20.3 Å². The maximum absolute atomic E-state index is 10.8. The van der Waals surface area contributed by atoms with E-state index in [0.29, 0.717) is 29.1 Å². The lowest BCUT2D eigenvalue weighted by Gasteiger charge is -2.27. The smallest absolute Gasteiger partial charge is 0.320 e. The summed E-state index contributed by atoms with van der Waals surface area (Å²) >= 11 is 0. The molecule has 0 spiro atoms. The predicted octanol–water partition coefficient (Wildman–Crippen LogP) is -0.431. The second kappa shape index (κ2) is 5.63. The minimum atomic E-state index is -1.63. The Labute approximate surface area is 142 Å². The summed E-state index contributed by atoms with van der Waals surface area (Å²) in [7, 11) is 1.46. The lowest BCUT2D eigenvalue weighted by atomic mass is 9.96. The molecule has 10 nitrogen and oxygen atoms in total. The largest absolute Gasteiger partial charge is 0.467 e. The van der Waals surface area contributed by atoms with Gasteiger partial charge in [0.2, 0.25) is 0 Å². The quantitative estimate of drug-likeness (QED) is 0.586. The third-order valence-electron chi connectivity index (χ3n) is 4.59. The average molecular weight is 349 g/mol. The summed E-state index contributed by atoms with van der Waals surface area (Å²) in [5.41, 5.74) is -0.575. The van der Waals surface area contributed by atoms with Crippen molar-refractivity contribution >= 4 is 28.8 Å². The highest BCUT2D eigenvalue weighted by Gasteiger charge is 2.53. The molecule has 1 unspecified atom stereocenters. The van der Waals surface area contributed by atoms with Gasteiger partial charge in [-0.25, -0.2) is 0 Å². The SMILES string of the molecule is COc1nc2c3c(cn(C4O[C@H](CO)[C@@H](O)[C@@]4(C)O)c3n1)N=CCN2. The second-order valence-corrected chi connectivity index (χ2v) is 6.25. The fourth-order valence-corrected chi connectivity index (χ4v) is 3.28. The zero-order chi connectivity index (χ0) is 17.8. The lowest BCUT2D eigenvalue weighted by Crippen LogP contribution is -2.44. The molecule has 1 fully saturated rings. The molecule has 4 atom stereocenters. The van der Waals surface area contributed by atoms with Crippen molar-refractivity contribution in [1.82, 2.24) is 14.5 Å². The molecule has 0 amide bonds. The number of methoxy groups -OCH3 is 1. The number of nitrogens with zero attached hydrogens (tertiary/aromatic N) is 4. The lowest BCUT2D eigenvalue weighted by molar-refractivity contribution is -0.0948. The van der Waals surface area contributed by atoms with Crippen LogP contribution in [0.4, 0.5) is 11.5 Å². The molecule has 2 aromatic rings. The molecule has 2 aliphatic heterocycles. The average Bonchev–Trinajstić information content (AvgIpc) is 2.96. The standard InChI is InChI=1S/C15H19N5O5/c1-15(23)10(22)8(6-21)25-13(15)20-5-7-9-11(17-4-3-16-7)18-14(24-2)19-12(9)20/h3,5,8,10,13,21-23H,4,6H2,1-2H3,(H,17,18,19)/t8-,10-,13?,15-/m1/s1. The molecule has 10 heteroatoms. The van der Waals surface area contributed by atoms with Crippen molar-refractivity contribution in [3.63, 3.8) is 0 Å². The van der Waals surface area contributed by atoms with E-state index in [1.54, 1.807) is 17.0 Å². The van der Waals surface area contributed by atoms with Crippen LogP contribution >= 0.6 is 0 Å². The van der Waals surface area contributed by atoms with Crippen LogP contribution in [0, 0.1) is 0 Å². The molecule has 0 bridgehead atoms. The Kier molecular flexibility index (Phi) is 3.65. The van der Waals surface area contributed by atoms with Crippen molar-refractivity contribution in [2.45, 2.75) is 31.0 Å². The molecule has 0 aliphatic carbocycles. The summed E-state index contributed by atoms with van der Waals surface area (Å²) in [4.78, 5) is 13.0. The minimum absolute atomic E-state index is 0.152. The van der Waals surface area contributed by atoms with Crippen LogP contribution in [0.2, 0.25) is 0 Å². The zero-order valence-electron chi connectivity index (χ0n) is 13.7. The number of aliphatic hydroxyl groups is 3. The first-order chi connectivity index (χ1) is 12.0. The molecule has 0 radical (unpaired) electrons. The summed E-state index contributed by atoms with van der Waals surface area (Å²) in [6, 6.07) is 0.152. The zero-order valence-corrected chi connectivity index (χ0v) is 13.7. The van der Waals surface area contributed by atoms with E-state index in [-0.39, 0.29) is 6.01 Å². The predicted molar refractivity (Wildman–Crippen MR) is 88.3 cm³/mol. The van der Waals surface area contributed by atoms with Crippen molar-refractivity contribution in [3.8, 4) is 6.01 Å². The van der Waals surface area contributed by atoms with Gasteiger partial charge in [-0.2, -0.15) is 9.97 Å². The molecule has 1 saturated heterocycles. The van der Waals surface area contributed by atoms with Crippen molar-refractivity contribution in [2.75, 3.05) is 25.6 Å². The number of rotatable bonds is 3. The first-order valence-corrected chi connectivity index (χ1v) is 7.87. The van der Waals surface area contributed by atoms with Crippen LogP contribution in [0.15, 0.2) is 11.2 Å². The molecule has 4 rings (SSSR count). The van der Waals surface area contributed by atoms with Gasteiger partial charge >= 0.3 is 6.01 Å². The summed E-state index contributed by atoms with van der Waals surface area (Å²) in [6.07, 6.45) is 0.265. The van der Waals surface area contributed by atoms with E-state index in [4.69, 9.17) is 9.47 Å². The Morgan fingerprint density at radius 2 is 2.28 bits per heavy atom. The third kappa shape index (κ3) is 2.29. The van der Waals surface area contributed by atoms with E-state index >= 15 is 0 Å². The molecular formula is C15H19N5O5. The first-order valence-electron chi connectivity index (χ1n) is 7.87. The van der Waals surface area contributed by atoms with Gasteiger partial charge in [0.1, 0.15) is 23.6 Å². The van der Waals surface area contributed by atoms with Crippen LogP contribution in [-0.4, -0.2) is 74.1 Å². The van der Waals surface area contributed by atoms with Gasteiger partial charge in [-0.05, 0) is 6.92 Å². The number of anilines is 1. The van der Waals surface area contributed by atoms with Gasteiger partial charge in [0.15, 0.2) is 11.9 Å². The van der Waals surface area contributed by atoms with Crippen LogP contribution < -0.4 is 10.1 Å². The van der Waals surface area contributed by atoms with Crippen LogP contribution in [0.25, 0.3) is 11.0 Å². The van der Waals surface area contributed by atoms with Crippen LogP contribution in [0.1, 0.15) is 13.2 Å². The fourth-order valence-electron chi connectivity index (χ4n) is 3.28. The maximum Gasteiger partial charge on any atom is 0.320 e. The normalized spacial score (nSPS) is 31.2. The van der Waals surface area contributed by atoms with Gasteiger partial charge in [0.05, 0.1) is 31.3 Å². The molecule has 2 aromatic heterocycles. The van der Waals surface area contributed by atoms with Crippen molar-refractivity contribution in [3.05, 3.63) is 6.20 Å². The van der Waals surface area contributed by atoms with Crippen molar-refractivity contribution in [2.24, 2.45) is 4.99 Å². The Morgan fingerprint density at radius 1 is 1.48 bits per heavy atom. The van der Waals surface area contributed by atoms with E-state index in [9.17, 15) is 15.3 Å². The Balaban J connectivity index is 1.93. The Bertz CT molecular complexity index is 848. The van der Waals surface area contributed by atoms with Gasteiger partial charge in [-0.15, -0.1) is 0 Å². The number of aromatic nitrogens is 3. The number of ether oxygens (including phenoxy) is 2. The second-order valence-electron chi connectivity index (χ2n) is 6.25. The summed E-state index contributed by atoms with van der Waals surface area (Å²) in [6.45, 7) is 1.55. The highest BCUT2D eigenvalue weighted by atomic mass is 16.6. The van der Waals surface area contributed by atoms with E-state index < -0.39 is 30.6 Å². The molecular weight excluding hydrogens is 330 g/mol. The van der Waals surface area contributed by atoms with Crippen molar-refractivity contribution in [1.29, 1.82) is 0 Å². The fraction of sp³-hybridized carbons (Fsp3) is 0.533. The van der Waals surface area contributed by atoms with E-state index in [0.717, 1.165) is 0 Å². The van der Waals surface area contributed by atoms with Gasteiger partial charge < -0.3 is 34.7 Å². The number of nitrogens with one attached hydrogen (secondary N) is 1. The van der Waals surface area contributed by atoms with Crippen molar-refractivity contribution < 1.29 is 24.8 Å². The van der Waals surface area contributed by atoms with Crippen LogP contribution in [0.5, 0.6) is 6.01 Å². The van der Waals surface area contributed by atoms with Crippen LogP contribution in [-0.2, 0) is 4.74 Å². The number of hydrogen-bond acceptors (Lipinski definition) is 9. The number of hydrogen-bond donors (Lipinski definition) is 4. The van der Waals surface area contributed by atoms with Crippen LogP contribution in [0.3, 0.4) is 0 Å². The monoisotopic (exact) mass is 349 g/mol. The van der Waals surface area contributed by atoms with Gasteiger partial charge in [-0.3, -0.25) is 4.99 Å². The molecule has 134 valence electrons. The highest BCUT2D eigenvalue weighted by molar-refractivity contribution is 6.01. The molecule has 25 heavy (non-hydrogen) atoms. The van der Waals surface area contributed by atoms with Gasteiger partial charge in [0.25, 0.3) is 0 Å². The molecule has 2 aliphatic rings. The molecule has 0 saturated carbocycles. The number of aliphatic imine (C=N–C) groups is 1. The number of aliphatic hydroxyl groups excluding tert-OH is 2. The molecule has 4 heterocycles. The Hall–Kier alpha value is -2.27. The first kappa shape index (κ1) is 16.2. The summed E-state index contributed by atoms with van der Waals surface area (Å²) in [5.74, 6) is 0.560. The summed E-state index contributed by atoms with van der Waals surface area (Å²) < 4.78 is 12.4. The molecule has 4 N–H and O–H groups in total. The highest BCUT2D eigenvalue weighted by Crippen LogP contribution is 2.43. The van der Waals surface area contributed by atoms with E-state index in [1.807, 2.05) is 0 Å². The summed E-state index contributed by atoms with van der Waals surface area (Å²) in [5, 5.41) is 34.2. The minimum Gasteiger partial charge on any atom is -0.467 e. The Morgan fingerprint density at radius 3 is 2.96 bits per heavy atom. The maximum atomic E-state index is 10.8. The van der Waals surface area contributed by atoms with Gasteiger partial charge in [-0.1, -0.05) is 0 Å². The van der Waals surface area contributed by atoms with E-state index in [1.165, 1.54) is 14.0 Å². The van der Waals surface area contributed by atoms with Gasteiger partial charge in [0, 0.05) is 12.4 Å². The third-order valence-corrected chi connectivity index (χ3v) is 4.59. The topological polar surface area (TPSA) is 134 Å².